The van der Waals surface area contributed by atoms with E-state index in [1.54, 1.807) is 0 Å². The fraction of sp³-hybridized carbons (Fsp3) is 0.294. The largest absolute Gasteiger partial charge is 0.328 e. The predicted molar refractivity (Wildman–Crippen MR) is 155 cm³/mol. The minimum absolute atomic E-state index is 0.176. The average Bonchev–Trinajstić information content (AvgIpc) is 2.91. The fourth-order valence-electron chi connectivity index (χ4n) is 4.85. The summed E-state index contributed by atoms with van der Waals surface area (Å²) in [6.07, 6.45) is 0. The minimum Gasteiger partial charge on any atom is -0.328 e. The van der Waals surface area contributed by atoms with E-state index in [1.165, 1.54) is 22.3 Å². The normalized spacial score (nSPS) is 14.4. The highest BCUT2D eigenvalue weighted by Crippen LogP contribution is 2.34. The van der Waals surface area contributed by atoms with Crippen LogP contribution in [0.1, 0.15) is 61.8 Å². The summed E-state index contributed by atoms with van der Waals surface area (Å²) in [6, 6.07) is 42.9. The van der Waals surface area contributed by atoms with E-state index >= 15 is 0 Å². The Morgan fingerprint density at radius 3 is 0.722 bits per heavy atom. The van der Waals surface area contributed by atoms with E-state index < -0.39 is 0 Å². The molecule has 4 N–H and O–H groups in total. The van der Waals surface area contributed by atoms with Crippen molar-refractivity contribution in [2.45, 2.75) is 51.6 Å². The van der Waals surface area contributed by atoms with Crippen molar-refractivity contribution in [1.29, 1.82) is 0 Å². The van der Waals surface area contributed by atoms with Gasteiger partial charge in [0.05, 0.1) is 0 Å². The van der Waals surface area contributed by atoms with Crippen LogP contribution in [0.5, 0.6) is 0 Å². The molecule has 0 aromatic heterocycles. The first-order valence-corrected chi connectivity index (χ1v) is 13.1. The molecule has 0 aliphatic heterocycles. The van der Waals surface area contributed by atoms with Gasteiger partial charge in [-0.05, 0) is 47.9 Å². The summed E-state index contributed by atoms with van der Waals surface area (Å²) in [6.45, 7) is 8.64. The second kappa shape index (κ2) is 13.8. The van der Waals surface area contributed by atoms with E-state index in [1.807, 2.05) is 0 Å². The van der Waals surface area contributed by atoms with Gasteiger partial charge in [-0.1, -0.05) is 135 Å². The number of rotatable bonds is 8. The average molecular weight is 479 g/mol. The van der Waals surface area contributed by atoms with Crippen molar-refractivity contribution in [3.05, 3.63) is 144 Å². The molecular formula is C34H42N2. The summed E-state index contributed by atoms with van der Waals surface area (Å²) in [4.78, 5) is 0. The summed E-state index contributed by atoms with van der Waals surface area (Å²) < 4.78 is 0. The zero-order valence-corrected chi connectivity index (χ0v) is 22.2. The summed E-state index contributed by atoms with van der Waals surface area (Å²) >= 11 is 0. The van der Waals surface area contributed by atoms with Crippen LogP contribution in [0.15, 0.2) is 121 Å². The monoisotopic (exact) mass is 478 g/mol. The molecule has 0 spiro atoms. The maximum atomic E-state index is 6.11. The van der Waals surface area contributed by atoms with Gasteiger partial charge in [0.2, 0.25) is 0 Å². The molecular weight excluding hydrogens is 436 g/mol. The van der Waals surface area contributed by atoms with Gasteiger partial charge < -0.3 is 11.5 Å². The van der Waals surface area contributed by atoms with Gasteiger partial charge in [0.25, 0.3) is 0 Å². The molecule has 0 radical (unpaired) electrons. The lowest BCUT2D eigenvalue weighted by atomic mass is 9.79. The van der Waals surface area contributed by atoms with Gasteiger partial charge in [-0.2, -0.15) is 0 Å². The third-order valence-electron chi connectivity index (χ3n) is 7.35. The van der Waals surface area contributed by atoms with Crippen LogP contribution in [0.4, 0.5) is 0 Å². The third kappa shape index (κ3) is 7.40. The molecule has 0 saturated carbocycles. The Kier molecular flexibility index (Phi) is 10.5. The highest BCUT2D eigenvalue weighted by Gasteiger charge is 2.24. The molecule has 0 aliphatic carbocycles. The molecule has 0 unspecified atom stereocenters. The molecule has 0 saturated heterocycles. The van der Waals surface area contributed by atoms with Crippen molar-refractivity contribution in [3.63, 3.8) is 0 Å². The van der Waals surface area contributed by atoms with Crippen LogP contribution in [0.3, 0.4) is 0 Å². The van der Waals surface area contributed by atoms with Crippen molar-refractivity contribution in [2.24, 2.45) is 23.3 Å². The smallest absolute Gasteiger partial charge is 0.0130 e. The SMILES string of the molecule is C[C@@H](N)[C@@H](C)C(c1ccccc1)c1ccccc1.C[C@H](N)[C@H](C)C(c1ccccc1)c1ccccc1. The Morgan fingerprint density at radius 2 is 0.556 bits per heavy atom. The summed E-state index contributed by atoms with van der Waals surface area (Å²) in [5.74, 6) is 1.56. The van der Waals surface area contributed by atoms with Crippen molar-refractivity contribution >= 4 is 0 Å². The van der Waals surface area contributed by atoms with Gasteiger partial charge in [-0.15, -0.1) is 0 Å². The van der Waals surface area contributed by atoms with Crippen LogP contribution >= 0.6 is 0 Å². The molecule has 0 fully saturated rings. The number of nitrogens with two attached hydrogens (primary N) is 2. The van der Waals surface area contributed by atoms with Crippen LogP contribution in [0.2, 0.25) is 0 Å². The molecule has 188 valence electrons. The number of benzene rings is 4. The van der Waals surface area contributed by atoms with Crippen molar-refractivity contribution in [1.82, 2.24) is 0 Å². The second-order valence-corrected chi connectivity index (χ2v) is 10.0. The van der Waals surface area contributed by atoms with Crippen LogP contribution < -0.4 is 11.5 Å². The Hall–Kier alpha value is -3.20. The molecule has 4 aromatic carbocycles. The Labute approximate surface area is 218 Å². The van der Waals surface area contributed by atoms with Gasteiger partial charge in [0.1, 0.15) is 0 Å². The molecule has 0 amide bonds. The lowest BCUT2D eigenvalue weighted by molar-refractivity contribution is 0.434. The van der Waals surface area contributed by atoms with E-state index in [0.29, 0.717) is 23.7 Å². The van der Waals surface area contributed by atoms with E-state index in [2.05, 4.69) is 149 Å². The first kappa shape index (κ1) is 27.4. The topological polar surface area (TPSA) is 52.0 Å². The maximum Gasteiger partial charge on any atom is 0.0130 e. The maximum absolute atomic E-state index is 6.11. The number of hydrogen-bond donors (Lipinski definition) is 2. The quantitative estimate of drug-likeness (QED) is 0.274. The van der Waals surface area contributed by atoms with Gasteiger partial charge in [-0.25, -0.2) is 0 Å². The Bertz CT molecular complexity index is 937. The molecule has 2 nitrogen and oxygen atoms in total. The van der Waals surface area contributed by atoms with Crippen LogP contribution in [-0.2, 0) is 0 Å². The van der Waals surface area contributed by atoms with E-state index in [4.69, 9.17) is 11.5 Å². The van der Waals surface area contributed by atoms with Crippen LogP contribution in [0, 0.1) is 11.8 Å². The van der Waals surface area contributed by atoms with Crippen molar-refractivity contribution < 1.29 is 0 Å². The highest BCUT2D eigenvalue weighted by molar-refractivity contribution is 5.34. The van der Waals surface area contributed by atoms with Crippen LogP contribution in [0.25, 0.3) is 0 Å². The molecule has 4 atom stereocenters. The van der Waals surface area contributed by atoms with Gasteiger partial charge in [0, 0.05) is 23.9 Å². The molecule has 4 aromatic rings. The first-order valence-electron chi connectivity index (χ1n) is 13.1. The zero-order chi connectivity index (χ0) is 25.9. The minimum atomic E-state index is 0.176. The number of hydrogen-bond acceptors (Lipinski definition) is 2. The second-order valence-electron chi connectivity index (χ2n) is 10.0. The molecule has 0 aliphatic rings. The molecule has 0 bridgehead atoms. The predicted octanol–water partition coefficient (Wildman–Crippen LogP) is 7.60. The lowest BCUT2D eigenvalue weighted by Gasteiger charge is -2.28. The molecule has 36 heavy (non-hydrogen) atoms. The Morgan fingerprint density at radius 1 is 0.361 bits per heavy atom. The summed E-state index contributed by atoms with van der Waals surface area (Å²) in [5, 5.41) is 0. The first-order chi connectivity index (χ1) is 17.4. The zero-order valence-electron chi connectivity index (χ0n) is 22.2. The Balaban J connectivity index is 0.000000201. The van der Waals surface area contributed by atoms with Gasteiger partial charge in [-0.3, -0.25) is 0 Å². The summed E-state index contributed by atoms with van der Waals surface area (Å²) in [5.41, 5.74) is 17.6. The highest BCUT2D eigenvalue weighted by atomic mass is 14.6. The molecule has 2 heteroatoms. The molecule has 4 rings (SSSR count). The van der Waals surface area contributed by atoms with Crippen molar-refractivity contribution in [3.8, 4) is 0 Å². The van der Waals surface area contributed by atoms with E-state index in [0.717, 1.165) is 0 Å². The van der Waals surface area contributed by atoms with Crippen LogP contribution in [-0.4, -0.2) is 12.1 Å². The van der Waals surface area contributed by atoms with E-state index in [9.17, 15) is 0 Å². The molecule has 0 heterocycles. The fourth-order valence-corrected chi connectivity index (χ4v) is 4.85. The third-order valence-corrected chi connectivity index (χ3v) is 7.35. The van der Waals surface area contributed by atoms with Gasteiger partial charge in [0.15, 0.2) is 0 Å². The summed E-state index contributed by atoms with van der Waals surface area (Å²) in [7, 11) is 0. The standard InChI is InChI=1S/2C17H21N/c2*1-13(14(2)18)17(15-9-5-3-6-10-15)16-11-7-4-8-12-16/h2*3-14,17H,18H2,1-2H3/t2*13-,14-/m10/s1. The van der Waals surface area contributed by atoms with Gasteiger partial charge >= 0.3 is 0 Å². The lowest BCUT2D eigenvalue weighted by Crippen LogP contribution is -2.29. The van der Waals surface area contributed by atoms with Crippen molar-refractivity contribution in [2.75, 3.05) is 0 Å². The van der Waals surface area contributed by atoms with E-state index in [-0.39, 0.29) is 12.1 Å².